The zero-order valence-electron chi connectivity index (χ0n) is 8.80. The number of nitrogens with one attached hydrogen (secondary N) is 1. The van der Waals surface area contributed by atoms with Crippen LogP contribution in [0.1, 0.15) is 27.2 Å². The first-order valence-corrected chi connectivity index (χ1v) is 5.26. The first-order valence-electron chi connectivity index (χ1n) is 5.26. The predicted octanol–water partition coefficient (Wildman–Crippen LogP) is 1.32. The van der Waals surface area contributed by atoms with Gasteiger partial charge in [-0.05, 0) is 20.0 Å². The van der Waals surface area contributed by atoms with Crippen LogP contribution in [0.3, 0.4) is 0 Å². The lowest BCUT2D eigenvalue weighted by molar-refractivity contribution is -0.0684. The highest BCUT2D eigenvalue weighted by atomic mass is 15.2. The van der Waals surface area contributed by atoms with Crippen LogP contribution in [0.4, 0.5) is 0 Å². The summed E-state index contributed by atoms with van der Waals surface area (Å²) in [4.78, 5) is 2.46. The van der Waals surface area contributed by atoms with Crippen molar-refractivity contribution in [3.05, 3.63) is 0 Å². The molecule has 12 heavy (non-hydrogen) atoms. The molecule has 3 unspecified atom stereocenters. The van der Waals surface area contributed by atoms with Gasteiger partial charge in [-0.2, -0.15) is 0 Å². The Morgan fingerprint density at radius 1 is 1.42 bits per heavy atom. The van der Waals surface area contributed by atoms with Crippen molar-refractivity contribution >= 4 is 0 Å². The Labute approximate surface area is 76.3 Å². The second-order valence-corrected chi connectivity index (χ2v) is 3.57. The fourth-order valence-electron chi connectivity index (χ4n) is 2.26. The van der Waals surface area contributed by atoms with Crippen LogP contribution >= 0.6 is 0 Å². The van der Waals surface area contributed by atoms with E-state index in [2.05, 4.69) is 24.2 Å². The molecule has 1 aliphatic carbocycles. The minimum atomic E-state index is 0.853. The summed E-state index contributed by atoms with van der Waals surface area (Å²) in [5.41, 5.74) is 0. The molecule has 0 amide bonds. The van der Waals surface area contributed by atoms with Crippen LogP contribution in [0.25, 0.3) is 0 Å². The predicted molar refractivity (Wildman–Crippen MR) is 53.3 cm³/mol. The first-order chi connectivity index (χ1) is 5.83. The van der Waals surface area contributed by atoms with Gasteiger partial charge in [0.25, 0.3) is 0 Å². The summed E-state index contributed by atoms with van der Waals surface area (Å²) in [6.45, 7) is 8.65. The van der Waals surface area contributed by atoms with Crippen molar-refractivity contribution in [2.24, 2.45) is 5.92 Å². The fraction of sp³-hybridized carbons (Fsp3) is 1.00. The highest BCUT2D eigenvalue weighted by Gasteiger charge is 2.50. The monoisotopic (exact) mass is 170 g/mol. The highest BCUT2D eigenvalue weighted by molar-refractivity contribution is 5.07. The third kappa shape index (κ3) is 1.50. The van der Waals surface area contributed by atoms with E-state index in [1.807, 2.05) is 13.8 Å². The molecule has 0 aromatic carbocycles. The zero-order chi connectivity index (χ0) is 9.14. The van der Waals surface area contributed by atoms with E-state index in [0.717, 1.165) is 24.5 Å². The number of hydrogen-bond acceptors (Lipinski definition) is 2. The van der Waals surface area contributed by atoms with E-state index in [0.29, 0.717) is 0 Å². The summed E-state index contributed by atoms with van der Waals surface area (Å²) in [6.07, 6.45) is 1.38. The summed E-state index contributed by atoms with van der Waals surface area (Å²) in [5.74, 6) is 0.991. The molecule has 2 heteroatoms. The molecule has 2 aliphatic rings. The van der Waals surface area contributed by atoms with Gasteiger partial charge in [0.05, 0.1) is 0 Å². The first kappa shape index (κ1) is 10.0. The van der Waals surface area contributed by atoms with Gasteiger partial charge >= 0.3 is 0 Å². The second kappa shape index (κ2) is 4.24. The average Bonchev–Trinajstić information content (AvgIpc) is 2.11. The molecule has 3 atom stereocenters. The van der Waals surface area contributed by atoms with E-state index in [1.165, 1.54) is 13.0 Å². The van der Waals surface area contributed by atoms with Crippen molar-refractivity contribution in [2.45, 2.75) is 39.3 Å². The van der Waals surface area contributed by atoms with E-state index < -0.39 is 0 Å². The van der Waals surface area contributed by atoms with Crippen LogP contribution in [-0.4, -0.2) is 37.1 Å². The van der Waals surface area contributed by atoms with Gasteiger partial charge in [-0.15, -0.1) is 0 Å². The molecule has 2 rings (SSSR count). The van der Waals surface area contributed by atoms with E-state index in [-0.39, 0.29) is 0 Å². The molecule has 0 bridgehead atoms. The third-order valence-corrected chi connectivity index (χ3v) is 3.04. The maximum atomic E-state index is 3.51. The summed E-state index contributed by atoms with van der Waals surface area (Å²) in [6, 6.07) is 1.79. The van der Waals surface area contributed by atoms with Crippen molar-refractivity contribution in [3.8, 4) is 0 Å². The SMILES string of the molecule is CC.CCNC1CC2C1CN2C. The molecule has 1 aliphatic heterocycles. The maximum absolute atomic E-state index is 3.51. The Morgan fingerprint density at radius 3 is 2.42 bits per heavy atom. The number of rotatable bonds is 2. The molecule has 0 aromatic rings. The normalized spacial score (nSPS) is 38.5. The Morgan fingerprint density at radius 2 is 2.08 bits per heavy atom. The van der Waals surface area contributed by atoms with E-state index in [4.69, 9.17) is 0 Å². The lowest BCUT2D eigenvalue weighted by Crippen LogP contribution is -2.70. The number of hydrogen-bond donors (Lipinski definition) is 1. The van der Waals surface area contributed by atoms with Gasteiger partial charge in [-0.1, -0.05) is 20.8 Å². The number of piperidine rings is 1. The van der Waals surface area contributed by atoms with Crippen molar-refractivity contribution in [3.63, 3.8) is 0 Å². The second-order valence-electron chi connectivity index (χ2n) is 3.57. The van der Waals surface area contributed by atoms with Crippen LogP contribution in [-0.2, 0) is 0 Å². The fourth-order valence-corrected chi connectivity index (χ4v) is 2.26. The van der Waals surface area contributed by atoms with Gasteiger partial charge in [0, 0.05) is 24.5 Å². The van der Waals surface area contributed by atoms with Crippen molar-refractivity contribution in [2.75, 3.05) is 20.1 Å². The minimum absolute atomic E-state index is 0.853. The summed E-state index contributed by atoms with van der Waals surface area (Å²) in [7, 11) is 2.23. The van der Waals surface area contributed by atoms with Crippen LogP contribution in [0.5, 0.6) is 0 Å². The maximum Gasteiger partial charge on any atom is 0.0163 e. The molecule has 1 saturated heterocycles. The molecule has 1 N–H and O–H groups in total. The quantitative estimate of drug-likeness (QED) is 0.672. The molecule has 1 saturated carbocycles. The molecule has 2 nitrogen and oxygen atoms in total. The minimum Gasteiger partial charge on any atom is -0.314 e. The van der Waals surface area contributed by atoms with Crippen LogP contribution < -0.4 is 5.32 Å². The molecule has 2 fully saturated rings. The standard InChI is InChI=1S/C8H16N2.C2H6/c1-3-9-7-4-8-6(7)5-10(8)2;1-2/h6-9H,3-5H2,1-2H3;1-2H3. The van der Waals surface area contributed by atoms with Gasteiger partial charge in [-0.25, -0.2) is 0 Å². The topological polar surface area (TPSA) is 15.3 Å². The van der Waals surface area contributed by atoms with Crippen molar-refractivity contribution in [1.29, 1.82) is 0 Å². The van der Waals surface area contributed by atoms with Crippen molar-refractivity contribution in [1.82, 2.24) is 10.2 Å². The Balaban J connectivity index is 0.000000336. The third-order valence-electron chi connectivity index (χ3n) is 3.04. The smallest absolute Gasteiger partial charge is 0.0163 e. The Bertz CT molecular complexity index is 134. The van der Waals surface area contributed by atoms with Gasteiger partial charge in [0.2, 0.25) is 0 Å². The zero-order valence-corrected chi connectivity index (χ0v) is 8.80. The Hall–Kier alpha value is -0.0800. The van der Waals surface area contributed by atoms with Crippen LogP contribution in [0.15, 0.2) is 0 Å². The van der Waals surface area contributed by atoms with Gasteiger partial charge in [0.15, 0.2) is 0 Å². The van der Waals surface area contributed by atoms with E-state index in [9.17, 15) is 0 Å². The summed E-state index contributed by atoms with van der Waals surface area (Å²) < 4.78 is 0. The van der Waals surface area contributed by atoms with Crippen LogP contribution in [0, 0.1) is 5.92 Å². The van der Waals surface area contributed by atoms with E-state index in [1.54, 1.807) is 0 Å². The van der Waals surface area contributed by atoms with Gasteiger partial charge in [-0.3, -0.25) is 0 Å². The number of fused-ring (bicyclic) bond motifs is 1. The Kier molecular flexibility index (Phi) is 3.53. The van der Waals surface area contributed by atoms with Gasteiger partial charge < -0.3 is 10.2 Å². The largest absolute Gasteiger partial charge is 0.314 e. The molecule has 0 radical (unpaired) electrons. The molecule has 0 aromatic heterocycles. The van der Waals surface area contributed by atoms with Crippen molar-refractivity contribution < 1.29 is 0 Å². The highest BCUT2D eigenvalue weighted by Crippen LogP contribution is 2.40. The molecular weight excluding hydrogens is 148 g/mol. The van der Waals surface area contributed by atoms with Gasteiger partial charge in [0.1, 0.15) is 0 Å². The lowest BCUT2D eigenvalue weighted by Gasteiger charge is -2.59. The molecular formula is C10H22N2. The molecule has 72 valence electrons. The number of likely N-dealkylation sites (tertiary alicyclic amines) is 1. The molecule has 0 spiro atoms. The van der Waals surface area contributed by atoms with Crippen LogP contribution in [0.2, 0.25) is 0 Å². The van der Waals surface area contributed by atoms with E-state index >= 15 is 0 Å². The average molecular weight is 170 g/mol. The lowest BCUT2D eigenvalue weighted by atomic mass is 9.67. The molecule has 1 heterocycles. The summed E-state index contributed by atoms with van der Waals surface area (Å²) >= 11 is 0. The summed E-state index contributed by atoms with van der Waals surface area (Å²) in [5, 5.41) is 3.51. The number of nitrogens with zero attached hydrogens (tertiary/aromatic N) is 1.